The second kappa shape index (κ2) is 7.59. The SMILES string of the molecule is O=C(C=CNc1ccc([N+](=O)[O-])cc1Br)c1ccc(Cl)c(Cl)c1. The molecule has 0 atom stereocenters. The van der Waals surface area contributed by atoms with E-state index in [0.717, 1.165) is 0 Å². The lowest BCUT2D eigenvalue weighted by atomic mass is 10.1. The van der Waals surface area contributed by atoms with Gasteiger partial charge in [0.05, 0.1) is 20.7 Å². The Morgan fingerprint density at radius 2 is 1.91 bits per heavy atom. The van der Waals surface area contributed by atoms with E-state index in [9.17, 15) is 14.9 Å². The summed E-state index contributed by atoms with van der Waals surface area (Å²) in [5, 5.41) is 14.2. The molecule has 5 nitrogen and oxygen atoms in total. The molecule has 2 aromatic carbocycles. The lowest BCUT2D eigenvalue weighted by molar-refractivity contribution is -0.384. The van der Waals surface area contributed by atoms with Crippen LogP contribution in [-0.4, -0.2) is 10.7 Å². The van der Waals surface area contributed by atoms with Crippen molar-refractivity contribution in [1.82, 2.24) is 0 Å². The van der Waals surface area contributed by atoms with Crippen molar-refractivity contribution in [1.29, 1.82) is 0 Å². The Balaban J connectivity index is 2.07. The summed E-state index contributed by atoms with van der Waals surface area (Å²) >= 11 is 14.9. The first-order chi connectivity index (χ1) is 10.9. The van der Waals surface area contributed by atoms with Crippen LogP contribution in [0.15, 0.2) is 53.1 Å². The van der Waals surface area contributed by atoms with E-state index in [1.165, 1.54) is 36.5 Å². The van der Waals surface area contributed by atoms with E-state index < -0.39 is 4.92 Å². The third-order valence-corrected chi connectivity index (χ3v) is 4.24. The third kappa shape index (κ3) is 4.54. The second-order valence-corrected chi connectivity index (χ2v) is 6.06. The lowest BCUT2D eigenvalue weighted by Crippen LogP contribution is -1.97. The normalized spacial score (nSPS) is 10.7. The van der Waals surface area contributed by atoms with Gasteiger partial charge in [-0.1, -0.05) is 23.2 Å². The molecule has 0 saturated heterocycles. The molecule has 23 heavy (non-hydrogen) atoms. The van der Waals surface area contributed by atoms with Crippen LogP contribution >= 0.6 is 39.1 Å². The van der Waals surface area contributed by atoms with Gasteiger partial charge in [-0.25, -0.2) is 0 Å². The summed E-state index contributed by atoms with van der Waals surface area (Å²) in [7, 11) is 0. The molecule has 8 heteroatoms. The van der Waals surface area contributed by atoms with Gasteiger partial charge in [0.25, 0.3) is 5.69 Å². The minimum Gasteiger partial charge on any atom is -0.361 e. The molecule has 118 valence electrons. The fourth-order valence-electron chi connectivity index (χ4n) is 1.69. The highest BCUT2D eigenvalue weighted by Crippen LogP contribution is 2.27. The van der Waals surface area contributed by atoms with E-state index in [2.05, 4.69) is 21.2 Å². The van der Waals surface area contributed by atoms with Crippen LogP contribution in [0.2, 0.25) is 10.0 Å². The van der Waals surface area contributed by atoms with Crippen LogP contribution in [0.25, 0.3) is 0 Å². The number of hydrogen-bond acceptors (Lipinski definition) is 4. The summed E-state index contributed by atoms with van der Waals surface area (Å²) in [6.45, 7) is 0. The predicted octanol–water partition coefficient (Wildman–Crippen LogP) is 5.47. The highest BCUT2D eigenvalue weighted by Gasteiger charge is 2.08. The summed E-state index contributed by atoms with van der Waals surface area (Å²) in [5.41, 5.74) is 0.965. The van der Waals surface area contributed by atoms with Gasteiger partial charge in [-0.15, -0.1) is 0 Å². The molecule has 2 rings (SSSR count). The van der Waals surface area contributed by atoms with Crippen molar-refractivity contribution in [3.8, 4) is 0 Å². The van der Waals surface area contributed by atoms with Gasteiger partial charge in [-0.05, 0) is 40.2 Å². The zero-order chi connectivity index (χ0) is 17.0. The number of benzene rings is 2. The van der Waals surface area contributed by atoms with E-state index in [1.54, 1.807) is 12.1 Å². The summed E-state index contributed by atoms with van der Waals surface area (Å²) in [6.07, 6.45) is 2.77. The number of nitro groups is 1. The van der Waals surface area contributed by atoms with Crippen molar-refractivity contribution in [2.45, 2.75) is 0 Å². The third-order valence-electron chi connectivity index (χ3n) is 2.84. The first-order valence-electron chi connectivity index (χ1n) is 6.25. The number of halogens is 3. The molecular formula is C15H9BrCl2N2O3. The van der Waals surface area contributed by atoms with Gasteiger partial charge in [-0.2, -0.15) is 0 Å². The second-order valence-electron chi connectivity index (χ2n) is 4.39. The number of anilines is 1. The fraction of sp³-hybridized carbons (Fsp3) is 0. The van der Waals surface area contributed by atoms with Crippen molar-refractivity contribution in [3.05, 3.63) is 78.9 Å². The molecular weight excluding hydrogens is 407 g/mol. The van der Waals surface area contributed by atoms with Gasteiger partial charge in [0, 0.05) is 34.4 Å². The average Bonchev–Trinajstić information content (AvgIpc) is 2.51. The number of rotatable bonds is 5. The van der Waals surface area contributed by atoms with E-state index in [-0.39, 0.29) is 11.5 Å². The van der Waals surface area contributed by atoms with Crippen LogP contribution in [0, 0.1) is 10.1 Å². The number of non-ortho nitro benzene ring substituents is 1. The van der Waals surface area contributed by atoms with Crippen LogP contribution in [0.5, 0.6) is 0 Å². The molecule has 0 saturated carbocycles. The molecule has 0 spiro atoms. The van der Waals surface area contributed by atoms with Crippen molar-refractivity contribution in [3.63, 3.8) is 0 Å². The maximum absolute atomic E-state index is 12.0. The van der Waals surface area contributed by atoms with Gasteiger partial charge in [0.15, 0.2) is 5.78 Å². The Bertz CT molecular complexity index is 809. The first-order valence-corrected chi connectivity index (χ1v) is 7.80. The number of nitrogens with zero attached hydrogens (tertiary/aromatic N) is 1. The van der Waals surface area contributed by atoms with Crippen LogP contribution in [-0.2, 0) is 0 Å². The number of nitrogens with one attached hydrogen (secondary N) is 1. The first kappa shape index (κ1) is 17.5. The molecule has 0 aliphatic heterocycles. The van der Waals surface area contributed by atoms with Crippen molar-refractivity contribution in [2.24, 2.45) is 0 Å². The molecule has 0 aromatic heterocycles. The maximum atomic E-state index is 12.0. The largest absolute Gasteiger partial charge is 0.361 e. The summed E-state index contributed by atoms with van der Waals surface area (Å²) < 4.78 is 0.512. The van der Waals surface area contributed by atoms with Gasteiger partial charge in [0.2, 0.25) is 0 Å². The zero-order valence-electron chi connectivity index (χ0n) is 11.4. The highest BCUT2D eigenvalue weighted by molar-refractivity contribution is 9.10. The Labute approximate surface area is 150 Å². The minimum absolute atomic E-state index is 0.0294. The van der Waals surface area contributed by atoms with E-state index >= 15 is 0 Å². The summed E-state index contributed by atoms with van der Waals surface area (Å²) in [6, 6.07) is 8.88. The molecule has 0 unspecified atom stereocenters. The number of carbonyl (C=O) groups excluding carboxylic acids is 1. The Morgan fingerprint density at radius 1 is 1.17 bits per heavy atom. The van der Waals surface area contributed by atoms with E-state index in [4.69, 9.17) is 23.2 Å². The van der Waals surface area contributed by atoms with Gasteiger partial charge >= 0.3 is 0 Å². The monoisotopic (exact) mass is 414 g/mol. The van der Waals surface area contributed by atoms with Gasteiger partial charge < -0.3 is 5.32 Å². The van der Waals surface area contributed by atoms with E-state index in [1.807, 2.05) is 0 Å². The van der Waals surface area contributed by atoms with Crippen LogP contribution in [0.1, 0.15) is 10.4 Å². The highest BCUT2D eigenvalue weighted by atomic mass is 79.9. The van der Waals surface area contributed by atoms with Crippen molar-refractivity contribution < 1.29 is 9.72 Å². The standard InChI is InChI=1S/C15H9BrCl2N2O3/c16-11-8-10(20(22)23)2-4-14(11)19-6-5-15(21)9-1-3-12(17)13(18)7-9/h1-8,19H. The molecule has 0 bridgehead atoms. The van der Waals surface area contributed by atoms with Crippen molar-refractivity contribution >= 4 is 56.3 Å². The number of carbonyl (C=O) groups is 1. The summed E-state index contributed by atoms with van der Waals surface area (Å²) in [4.78, 5) is 22.2. The molecule has 0 amide bonds. The molecule has 0 aliphatic carbocycles. The number of hydrogen-bond donors (Lipinski definition) is 1. The maximum Gasteiger partial charge on any atom is 0.270 e. The average molecular weight is 416 g/mol. The van der Waals surface area contributed by atoms with Gasteiger partial charge in [0.1, 0.15) is 0 Å². The molecule has 2 aromatic rings. The molecule has 0 heterocycles. The smallest absolute Gasteiger partial charge is 0.270 e. The number of nitro benzene ring substituents is 1. The zero-order valence-corrected chi connectivity index (χ0v) is 14.5. The van der Waals surface area contributed by atoms with Crippen LogP contribution in [0.4, 0.5) is 11.4 Å². The molecule has 0 radical (unpaired) electrons. The Morgan fingerprint density at radius 3 is 2.52 bits per heavy atom. The quantitative estimate of drug-likeness (QED) is 0.304. The van der Waals surface area contributed by atoms with E-state index in [0.29, 0.717) is 25.8 Å². The Hall–Kier alpha value is -1.89. The molecule has 0 fully saturated rings. The molecule has 0 aliphatic rings. The Kier molecular flexibility index (Phi) is 5.76. The number of allylic oxidation sites excluding steroid dienone is 1. The topological polar surface area (TPSA) is 72.2 Å². The van der Waals surface area contributed by atoms with Crippen LogP contribution in [0.3, 0.4) is 0 Å². The predicted molar refractivity (Wildman–Crippen MR) is 94.4 cm³/mol. The number of ketones is 1. The van der Waals surface area contributed by atoms with Crippen molar-refractivity contribution in [2.75, 3.05) is 5.32 Å². The minimum atomic E-state index is -0.488. The van der Waals surface area contributed by atoms with Crippen LogP contribution < -0.4 is 5.32 Å². The molecule has 1 N–H and O–H groups in total. The fourth-order valence-corrected chi connectivity index (χ4v) is 2.47. The lowest BCUT2D eigenvalue weighted by Gasteiger charge is -2.04. The van der Waals surface area contributed by atoms with Gasteiger partial charge in [-0.3, -0.25) is 14.9 Å². The summed E-state index contributed by atoms with van der Waals surface area (Å²) in [5.74, 6) is -0.255.